The lowest BCUT2D eigenvalue weighted by Gasteiger charge is -2.19. The molecule has 3 rings (SSSR count). The van der Waals surface area contributed by atoms with E-state index in [9.17, 15) is 4.79 Å². The first-order valence-electron chi connectivity index (χ1n) is 10.2. The second-order valence-electron chi connectivity index (χ2n) is 7.36. The number of amides is 1. The van der Waals surface area contributed by atoms with Crippen LogP contribution in [0.3, 0.4) is 0 Å². The van der Waals surface area contributed by atoms with Crippen molar-refractivity contribution < 1.29 is 9.53 Å². The number of hydrogen-bond donors (Lipinski definition) is 1. The van der Waals surface area contributed by atoms with Crippen LogP contribution in [0.4, 0.5) is 5.69 Å². The van der Waals surface area contributed by atoms with Crippen molar-refractivity contribution in [2.24, 2.45) is 0 Å². The number of nitrogens with one attached hydrogen (secondary N) is 1. The van der Waals surface area contributed by atoms with Gasteiger partial charge in [-0.2, -0.15) is 5.26 Å². The van der Waals surface area contributed by atoms with Crippen LogP contribution in [0.15, 0.2) is 72.8 Å². The quantitative estimate of drug-likeness (QED) is 0.519. The average Bonchev–Trinajstić information content (AvgIpc) is 2.79. The molecule has 0 aliphatic heterocycles. The van der Waals surface area contributed by atoms with Crippen LogP contribution in [0.2, 0.25) is 0 Å². The zero-order valence-electron chi connectivity index (χ0n) is 17.6. The number of para-hydroxylation sites is 1. The van der Waals surface area contributed by atoms with Gasteiger partial charge >= 0.3 is 0 Å². The third-order valence-electron chi connectivity index (χ3n) is 5.25. The van der Waals surface area contributed by atoms with Gasteiger partial charge in [-0.1, -0.05) is 56.3 Å². The molecule has 1 N–H and O–H groups in total. The van der Waals surface area contributed by atoms with Crippen molar-refractivity contribution in [1.29, 1.82) is 5.26 Å². The van der Waals surface area contributed by atoms with Crippen LogP contribution in [0.25, 0.3) is 11.1 Å². The fraction of sp³-hybridized carbons (Fsp3) is 0.231. The third kappa shape index (κ3) is 5.07. The highest BCUT2D eigenvalue weighted by atomic mass is 16.5. The van der Waals surface area contributed by atoms with Gasteiger partial charge in [0, 0.05) is 5.69 Å². The van der Waals surface area contributed by atoms with Crippen LogP contribution in [-0.2, 0) is 4.79 Å². The normalized spacial score (nSPS) is 12.5. The Hall–Kier alpha value is -3.58. The summed E-state index contributed by atoms with van der Waals surface area (Å²) < 4.78 is 5.85. The van der Waals surface area contributed by atoms with Crippen LogP contribution >= 0.6 is 0 Å². The monoisotopic (exact) mass is 398 g/mol. The van der Waals surface area contributed by atoms with Gasteiger partial charge in [0.25, 0.3) is 5.91 Å². The van der Waals surface area contributed by atoms with Gasteiger partial charge in [-0.15, -0.1) is 0 Å². The predicted molar refractivity (Wildman–Crippen MR) is 120 cm³/mol. The molecule has 0 saturated carbocycles. The summed E-state index contributed by atoms with van der Waals surface area (Å²) in [7, 11) is 0. The molecule has 0 aliphatic rings. The largest absolute Gasteiger partial charge is 0.481 e. The zero-order valence-corrected chi connectivity index (χ0v) is 17.6. The second kappa shape index (κ2) is 9.76. The number of carbonyl (C=O) groups is 1. The standard InChI is InChI=1S/C26H26N2O2/c1-4-18(2)24-7-5-6-8-25(24)28-26(29)19(3)30-23-15-13-22(14-16-23)21-11-9-20(17-27)10-12-21/h5-16,18-19H,4H2,1-3H3,(H,28,29)/t18-,19+/m1/s1. The van der Waals surface area contributed by atoms with Crippen LogP contribution in [0.5, 0.6) is 5.75 Å². The first-order chi connectivity index (χ1) is 14.5. The van der Waals surface area contributed by atoms with E-state index in [0.29, 0.717) is 17.2 Å². The van der Waals surface area contributed by atoms with E-state index in [2.05, 4.69) is 31.3 Å². The highest BCUT2D eigenvalue weighted by Crippen LogP contribution is 2.27. The summed E-state index contributed by atoms with van der Waals surface area (Å²) >= 11 is 0. The van der Waals surface area contributed by atoms with Crippen LogP contribution in [0.1, 0.15) is 44.2 Å². The van der Waals surface area contributed by atoms with Gasteiger partial charge in [-0.3, -0.25) is 4.79 Å². The first kappa shape index (κ1) is 21.1. The van der Waals surface area contributed by atoms with Crippen molar-refractivity contribution in [2.45, 2.75) is 39.2 Å². The van der Waals surface area contributed by atoms with Crippen molar-refractivity contribution in [3.8, 4) is 22.9 Å². The van der Waals surface area contributed by atoms with Crippen molar-refractivity contribution in [3.05, 3.63) is 83.9 Å². The average molecular weight is 399 g/mol. The molecule has 0 bridgehead atoms. The maximum atomic E-state index is 12.7. The molecule has 152 valence electrons. The Labute approximate surface area is 178 Å². The summed E-state index contributed by atoms with van der Waals surface area (Å²) in [5.74, 6) is 0.819. The van der Waals surface area contributed by atoms with Crippen molar-refractivity contribution in [2.75, 3.05) is 5.32 Å². The maximum Gasteiger partial charge on any atom is 0.265 e. The Morgan fingerprint density at radius 2 is 1.57 bits per heavy atom. The number of ether oxygens (including phenoxy) is 1. The Bertz CT molecular complexity index is 1030. The molecular weight excluding hydrogens is 372 g/mol. The van der Waals surface area contributed by atoms with Gasteiger partial charge < -0.3 is 10.1 Å². The van der Waals surface area contributed by atoms with E-state index in [4.69, 9.17) is 10.00 Å². The van der Waals surface area contributed by atoms with Gasteiger partial charge in [0.2, 0.25) is 0 Å². The number of rotatable bonds is 7. The van der Waals surface area contributed by atoms with Crippen LogP contribution in [0, 0.1) is 11.3 Å². The van der Waals surface area contributed by atoms with E-state index in [0.717, 1.165) is 28.8 Å². The summed E-state index contributed by atoms with van der Waals surface area (Å²) in [6.45, 7) is 6.03. The molecule has 4 heteroatoms. The van der Waals surface area contributed by atoms with E-state index in [1.54, 1.807) is 19.1 Å². The molecule has 0 heterocycles. The molecule has 0 radical (unpaired) electrons. The molecule has 0 saturated heterocycles. The summed E-state index contributed by atoms with van der Waals surface area (Å²) in [6, 6.07) is 25.0. The summed E-state index contributed by atoms with van der Waals surface area (Å²) in [5.41, 5.74) is 4.64. The van der Waals surface area contributed by atoms with Gasteiger partial charge in [-0.25, -0.2) is 0 Å². The van der Waals surface area contributed by atoms with E-state index in [1.165, 1.54) is 0 Å². The van der Waals surface area contributed by atoms with Crippen molar-refractivity contribution in [3.63, 3.8) is 0 Å². The van der Waals surface area contributed by atoms with Gasteiger partial charge in [0.1, 0.15) is 5.75 Å². The predicted octanol–water partition coefficient (Wildman–Crippen LogP) is 6.14. The molecule has 1 amide bonds. The van der Waals surface area contributed by atoms with E-state index in [1.807, 2.05) is 54.6 Å². The number of nitrogens with zero attached hydrogens (tertiary/aromatic N) is 1. The minimum atomic E-state index is -0.629. The van der Waals surface area contributed by atoms with Gasteiger partial charge in [0.15, 0.2) is 6.10 Å². The number of carbonyl (C=O) groups excluding carboxylic acids is 1. The number of hydrogen-bond acceptors (Lipinski definition) is 3. The highest BCUT2D eigenvalue weighted by Gasteiger charge is 2.17. The Morgan fingerprint density at radius 3 is 2.17 bits per heavy atom. The molecular formula is C26H26N2O2. The van der Waals surface area contributed by atoms with Gasteiger partial charge in [-0.05, 0) is 66.3 Å². The third-order valence-corrected chi connectivity index (χ3v) is 5.25. The number of benzene rings is 3. The molecule has 3 aromatic carbocycles. The van der Waals surface area contributed by atoms with E-state index >= 15 is 0 Å². The Kier molecular flexibility index (Phi) is 6.87. The minimum Gasteiger partial charge on any atom is -0.481 e. The Balaban J connectivity index is 1.65. The number of nitriles is 1. The SMILES string of the molecule is CC[C@@H](C)c1ccccc1NC(=O)[C@H](C)Oc1ccc(-c2ccc(C#N)cc2)cc1. The molecule has 0 aromatic heterocycles. The lowest BCUT2D eigenvalue weighted by molar-refractivity contribution is -0.122. The summed E-state index contributed by atoms with van der Waals surface area (Å²) in [4.78, 5) is 12.7. The molecule has 30 heavy (non-hydrogen) atoms. The molecule has 0 fully saturated rings. The van der Waals surface area contributed by atoms with Crippen LogP contribution in [-0.4, -0.2) is 12.0 Å². The van der Waals surface area contributed by atoms with Crippen molar-refractivity contribution >= 4 is 11.6 Å². The maximum absolute atomic E-state index is 12.7. The fourth-order valence-corrected chi connectivity index (χ4v) is 3.22. The minimum absolute atomic E-state index is 0.179. The molecule has 0 unspecified atom stereocenters. The molecule has 4 nitrogen and oxygen atoms in total. The fourth-order valence-electron chi connectivity index (χ4n) is 3.22. The smallest absolute Gasteiger partial charge is 0.265 e. The lowest BCUT2D eigenvalue weighted by Crippen LogP contribution is -2.30. The molecule has 0 spiro atoms. The van der Waals surface area contributed by atoms with Gasteiger partial charge in [0.05, 0.1) is 11.6 Å². The number of anilines is 1. The van der Waals surface area contributed by atoms with E-state index < -0.39 is 6.10 Å². The van der Waals surface area contributed by atoms with Crippen LogP contribution < -0.4 is 10.1 Å². The molecule has 3 aromatic rings. The lowest BCUT2D eigenvalue weighted by atomic mass is 9.97. The topological polar surface area (TPSA) is 62.1 Å². The summed E-state index contributed by atoms with van der Waals surface area (Å²) in [5, 5.41) is 11.9. The highest BCUT2D eigenvalue weighted by molar-refractivity contribution is 5.94. The molecule has 2 atom stereocenters. The second-order valence-corrected chi connectivity index (χ2v) is 7.36. The van der Waals surface area contributed by atoms with Crippen molar-refractivity contribution in [1.82, 2.24) is 0 Å². The summed E-state index contributed by atoms with van der Waals surface area (Å²) in [6.07, 6.45) is 0.376. The van der Waals surface area contributed by atoms with E-state index in [-0.39, 0.29) is 5.91 Å². The zero-order chi connectivity index (χ0) is 21.5. The molecule has 0 aliphatic carbocycles. The Morgan fingerprint density at radius 1 is 0.967 bits per heavy atom. The first-order valence-corrected chi connectivity index (χ1v) is 10.2.